The topological polar surface area (TPSA) is 124 Å². The molecule has 0 saturated carbocycles. The highest BCUT2D eigenvalue weighted by molar-refractivity contribution is 6.35. The van der Waals surface area contributed by atoms with Crippen LogP contribution in [0.5, 0.6) is 11.5 Å². The smallest absolute Gasteiger partial charge is 0.387 e. The number of nitrogens with zero attached hydrogens (tertiary/aromatic N) is 2. The number of piperidine rings is 3. The van der Waals surface area contributed by atoms with Crippen LogP contribution in [0.25, 0.3) is 0 Å². The molecule has 0 aliphatic carbocycles. The minimum absolute atomic E-state index is 0.00592. The average molecular weight is 803 g/mol. The lowest BCUT2D eigenvalue weighted by atomic mass is 9.80. The highest BCUT2D eigenvalue weighted by Gasteiger charge is 2.38. The Labute approximate surface area is 326 Å². The fraction of sp³-hybridized carbons (Fsp3) is 0.375. The van der Waals surface area contributed by atoms with Crippen molar-refractivity contribution in [3.8, 4) is 11.5 Å². The van der Waals surface area contributed by atoms with E-state index in [1.165, 1.54) is 42.5 Å². The van der Waals surface area contributed by atoms with Crippen LogP contribution >= 0.6 is 23.2 Å². The summed E-state index contributed by atoms with van der Waals surface area (Å²) in [6.07, 6.45) is 3.13. The molecule has 4 aromatic rings. The zero-order valence-corrected chi connectivity index (χ0v) is 31.5. The molecule has 55 heavy (non-hydrogen) atoms. The molecule has 7 rings (SSSR count). The molecule has 4 heterocycles. The number of nitrogens with one attached hydrogen (secondary N) is 1. The highest BCUT2D eigenvalue weighted by Crippen LogP contribution is 2.41. The predicted octanol–water partition coefficient (Wildman–Crippen LogP) is 7.70. The first kappa shape index (κ1) is 40.1. The molecule has 0 spiro atoms. The second-order valence-corrected chi connectivity index (χ2v) is 14.7. The lowest BCUT2D eigenvalue weighted by molar-refractivity contribution is -0.605. The molecule has 10 nitrogen and oxygen atoms in total. The summed E-state index contributed by atoms with van der Waals surface area (Å²) in [6.45, 7) is 2.57. The number of carbonyl (C=O) groups excluding carboxylic acids is 1. The van der Waals surface area contributed by atoms with Gasteiger partial charge in [-0.15, -0.1) is 0 Å². The molecular weight excluding hydrogens is 762 g/mol. The van der Waals surface area contributed by atoms with Crippen molar-refractivity contribution < 1.29 is 46.8 Å². The number of alkyl halides is 2. The summed E-state index contributed by atoms with van der Waals surface area (Å²) < 4.78 is 59.3. The van der Waals surface area contributed by atoms with Crippen LogP contribution in [0.2, 0.25) is 10.0 Å². The summed E-state index contributed by atoms with van der Waals surface area (Å²) in [5, 5.41) is 25.9. The standard InChI is InChI=1S/C40H40Cl2F3N3O7/c1-22(2)53-34-16-24(10-11-33(34)55-40(44)45)28(17-29-30(41)19-48(52)20-31(29)42)36-25(6-5-8-27(36)38(49)50)18-46-37(26-7-3-4-9-32(26)43)39(51)54-35-21-47-14-12-23(35)13-15-47/h3-11,16,19-20,22-23,28,35,37,40,46H,12-15,17-18,21H2,1-2H3,(H,49,50)/t28-,35-,37?/m0/s1. The maximum Gasteiger partial charge on any atom is 0.387 e. The quantitative estimate of drug-likeness (QED) is 0.0708. The minimum atomic E-state index is -3.15. The van der Waals surface area contributed by atoms with Crippen LogP contribution in [-0.2, 0) is 22.5 Å². The molecule has 3 fully saturated rings. The van der Waals surface area contributed by atoms with Gasteiger partial charge in [-0.3, -0.25) is 10.2 Å². The number of aromatic carboxylic acids is 1. The van der Waals surface area contributed by atoms with Crippen molar-refractivity contribution in [2.45, 2.75) is 70.4 Å². The van der Waals surface area contributed by atoms with Gasteiger partial charge in [0.1, 0.15) is 28.0 Å². The van der Waals surface area contributed by atoms with Crippen molar-refractivity contribution in [3.05, 3.63) is 128 Å². The monoisotopic (exact) mass is 801 g/mol. The molecule has 0 amide bonds. The Morgan fingerprint density at radius 1 is 1.00 bits per heavy atom. The summed E-state index contributed by atoms with van der Waals surface area (Å²) in [7, 11) is 0. The summed E-state index contributed by atoms with van der Waals surface area (Å²) in [6, 6.07) is 13.5. The Morgan fingerprint density at radius 2 is 1.71 bits per heavy atom. The van der Waals surface area contributed by atoms with Crippen LogP contribution in [0.15, 0.2) is 73.1 Å². The van der Waals surface area contributed by atoms with E-state index in [-0.39, 0.29) is 63.2 Å². The molecule has 2 N–H and O–H groups in total. The zero-order valence-electron chi connectivity index (χ0n) is 30.0. The molecule has 2 bridgehead atoms. The highest BCUT2D eigenvalue weighted by atomic mass is 35.5. The van der Waals surface area contributed by atoms with Crippen LogP contribution in [0.3, 0.4) is 0 Å². The van der Waals surface area contributed by atoms with Gasteiger partial charge in [0, 0.05) is 30.1 Å². The van der Waals surface area contributed by atoms with E-state index >= 15 is 4.39 Å². The number of esters is 1. The van der Waals surface area contributed by atoms with Gasteiger partial charge in [0.25, 0.3) is 0 Å². The molecule has 1 aromatic heterocycles. The fourth-order valence-electron chi connectivity index (χ4n) is 7.47. The van der Waals surface area contributed by atoms with Crippen molar-refractivity contribution in [2.24, 2.45) is 5.92 Å². The van der Waals surface area contributed by atoms with E-state index in [0.29, 0.717) is 28.0 Å². The van der Waals surface area contributed by atoms with Gasteiger partial charge in [-0.2, -0.15) is 13.5 Å². The number of aromatic nitrogens is 1. The van der Waals surface area contributed by atoms with Gasteiger partial charge >= 0.3 is 18.6 Å². The molecule has 15 heteroatoms. The molecule has 3 aliphatic rings. The van der Waals surface area contributed by atoms with E-state index in [1.807, 2.05) is 0 Å². The molecular formula is C40H40Cl2F3N3O7. The summed E-state index contributed by atoms with van der Waals surface area (Å²) in [5.74, 6) is -3.56. The van der Waals surface area contributed by atoms with E-state index in [1.54, 1.807) is 32.0 Å². The molecule has 3 aliphatic heterocycles. The normalized spacial score (nSPS) is 19.0. The minimum Gasteiger partial charge on any atom is -0.619 e. The number of benzene rings is 3. The Bertz CT molecular complexity index is 2010. The summed E-state index contributed by atoms with van der Waals surface area (Å²) in [5.41, 5.74) is 1.31. The van der Waals surface area contributed by atoms with E-state index in [0.717, 1.165) is 38.3 Å². The molecule has 3 atom stereocenters. The maximum atomic E-state index is 15.4. The van der Waals surface area contributed by atoms with Crippen LogP contribution in [0.4, 0.5) is 13.2 Å². The zero-order chi connectivity index (χ0) is 39.4. The number of carbonyl (C=O) groups is 2. The van der Waals surface area contributed by atoms with Crippen molar-refractivity contribution in [3.63, 3.8) is 0 Å². The largest absolute Gasteiger partial charge is 0.619 e. The molecule has 1 unspecified atom stereocenters. The van der Waals surface area contributed by atoms with E-state index in [2.05, 4.69) is 10.2 Å². The first-order chi connectivity index (χ1) is 26.3. The van der Waals surface area contributed by atoms with Crippen LogP contribution in [0, 0.1) is 16.9 Å². The second kappa shape index (κ2) is 17.5. The van der Waals surface area contributed by atoms with Gasteiger partial charge in [-0.05, 0) is 93.1 Å². The lowest BCUT2D eigenvalue weighted by Gasteiger charge is -2.44. The van der Waals surface area contributed by atoms with Crippen LogP contribution < -0.4 is 19.5 Å². The van der Waals surface area contributed by atoms with Crippen LogP contribution in [-0.4, -0.2) is 60.4 Å². The van der Waals surface area contributed by atoms with Crippen molar-refractivity contribution in [1.29, 1.82) is 0 Å². The van der Waals surface area contributed by atoms with Crippen molar-refractivity contribution in [1.82, 2.24) is 10.2 Å². The average Bonchev–Trinajstić information content (AvgIpc) is 3.13. The lowest BCUT2D eigenvalue weighted by Crippen LogP contribution is -2.52. The molecule has 3 saturated heterocycles. The van der Waals surface area contributed by atoms with Gasteiger partial charge in [0.2, 0.25) is 0 Å². The van der Waals surface area contributed by atoms with E-state index in [4.69, 9.17) is 37.4 Å². The number of halogens is 5. The Kier molecular flexibility index (Phi) is 12.8. The van der Waals surface area contributed by atoms with Crippen LogP contribution in [0.1, 0.15) is 76.8 Å². The number of hydrogen-bond acceptors (Lipinski definition) is 8. The van der Waals surface area contributed by atoms with Crippen molar-refractivity contribution in [2.75, 3.05) is 19.6 Å². The van der Waals surface area contributed by atoms with Gasteiger partial charge in [-0.1, -0.05) is 59.6 Å². The molecule has 0 radical (unpaired) electrons. The third-order valence-corrected chi connectivity index (χ3v) is 10.7. The SMILES string of the molecule is CC(C)Oc1cc([C@H](Cc2c(Cl)c[n+]([O-])cc2Cl)c2c(CNC(C(=O)O[C@H]3CN4CCC3CC4)c3ccccc3F)cccc2C(=O)O)ccc1OC(F)F. The Morgan fingerprint density at radius 3 is 2.33 bits per heavy atom. The third-order valence-electron chi connectivity index (χ3n) is 10.0. The summed E-state index contributed by atoms with van der Waals surface area (Å²) >= 11 is 13.1. The number of carboxylic acid groups (broad SMARTS) is 1. The van der Waals surface area contributed by atoms with Gasteiger partial charge in [0.05, 0.1) is 11.7 Å². The fourth-order valence-corrected chi connectivity index (χ4v) is 8.06. The summed E-state index contributed by atoms with van der Waals surface area (Å²) in [4.78, 5) is 29.1. The third kappa shape index (κ3) is 9.46. The Hall–Kier alpha value is -4.56. The predicted molar refractivity (Wildman–Crippen MR) is 198 cm³/mol. The number of hydrogen-bond donors (Lipinski definition) is 2. The van der Waals surface area contributed by atoms with E-state index in [9.17, 15) is 28.7 Å². The van der Waals surface area contributed by atoms with Gasteiger partial charge in [0.15, 0.2) is 23.9 Å². The number of pyridine rings is 1. The Balaban J connectivity index is 1.44. The first-order valence-corrected chi connectivity index (χ1v) is 18.6. The number of ether oxygens (including phenoxy) is 3. The van der Waals surface area contributed by atoms with Crippen molar-refractivity contribution >= 4 is 35.1 Å². The van der Waals surface area contributed by atoms with E-state index < -0.39 is 42.4 Å². The number of fused-ring (bicyclic) bond motifs is 3. The van der Waals surface area contributed by atoms with Gasteiger partial charge in [-0.25, -0.2) is 14.0 Å². The maximum absolute atomic E-state index is 15.4. The number of carboxylic acids is 1. The first-order valence-electron chi connectivity index (χ1n) is 17.9. The number of rotatable bonds is 15. The molecule has 292 valence electrons. The second-order valence-electron chi connectivity index (χ2n) is 13.9. The molecule has 3 aromatic carbocycles. The van der Waals surface area contributed by atoms with Gasteiger partial charge < -0.3 is 24.5 Å².